The van der Waals surface area contributed by atoms with Crippen LogP contribution in [0.2, 0.25) is 0 Å². The summed E-state index contributed by atoms with van der Waals surface area (Å²) in [6.45, 7) is 5.10. The molecule has 0 saturated heterocycles. The fourth-order valence-electron chi connectivity index (χ4n) is 2.19. The van der Waals surface area contributed by atoms with Gasteiger partial charge in [0, 0.05) is 16.6 Å². The van der Waals surface area contributed by atoms with Crippen molar-refractivity contribution in [2.75, 3.05) is 13.2 Å². The van der Waals surface area contributed by atoms with Gasteiger partial charge in [-0.2, -0.15) is 0 Å². The first kappa shape index (κ1) is 15.4. The van der Waals surface area contributed by atoms with Crippen LogP contribution in [-0.2, 0) is 9.05 Å². The van der Waals surface area contributed by atoms with Gasteiger partial charge in [0.05, 0.1) is 18.5 Å². The Morgan fingerprint density at radius 1 is 1.25 bits per heavy atom. The second kappa shape index (κ2) is 6.22. The maximum absolute atomic E-state index is 11.3. The van der Waals surface area contributed by atoms with Gasteiger partial charge >= 0.3 is 0 Å². The normalized spacial score (nSPS) is 21.6. The second-order valence-electron chi connectivity index (χ2n) is 4.84. The summed E-state index contributed by atoms with van der Waals surface area (Å²) in [7, 11) is 1.92. The first-order chi connectivity index (χ1) is 9.47. The SMILES string of the molecule is CCCOc1ccc(C2CC2S(=O)(=O)Cl)cc1OCC. The van der Waals surface area contributed by atoms with Crippen molar-refractivity contribution in [3.63, 3.8) is 0 Å². The molecular weight excluding hydrogens is 300 g/mol. The highest BCUT2D eigenvalue weighted by molar-refractivity contribution is 8.14. The minimum absolute atomic E-state index is 0.0306. The van der Waals surface area contributed by atoms with Gasteiger partial charge in [0.1, 0.15) is 0 Å². The van der Waals surface area contributed by atoms with Gasteiger partial charge in [0.15, 0.2) is 11.5 Å². The third kappa shape index (κ3) is 3.58. The Labute approximate surface area is 124 Å². The molecule has 1 aromatic rings. The molecular formula is C14H19ClO4S. The Hall–Kier alpha value is -0.940. The topological polar surface area (TPSA) is 52.6 Å². The van der Waals surface area contributed by atoms with E-state index in [0.717, 1.165) is 12.0 Å². The highest BCUT2D eigenvalue weighted by Gasteiger charge is 2.47. The number of benzene rings is 1. The third-order valence-corrected chi connectivity index (χ3v) is 5.18. The summed E-state index contributed by atoms with van der Waals surface area (Å²) < 4.78 is 33.8. The van der Waals surface area contributed by atoms with E-state index in [1.165, 1.54) is 0 Å². The number of ether oxygens (including phenoxy) is 2. The Morgan fingerprint density at radius 3 is 2.55 bits per heavy atom. The molecule has 112 valence electrons. The van der Waals surface area contributed by atoms with Crippen LogP contribution >= 0.6 is 10.7 Å². The first-order valence-electron chi connectivity index (χ1n) is 6.80. The fourth-order valence-corrected chi connectivity index (χ4v) is 3.77. The van der Waals surface area contributed by atoms with Gasteiger partial charge in [-0.3, -0.25) is 0 Å². The van der Waals surface area contributed by atoms with E-state index in [0.29, 0.717) is 31.1 Å². The Morgan fingerprint density at radius 2 is 2.00 bits per heavy atom. The van der Waals surface area contributed by atoms with Gasteiger partial charge in [0.2, 0.25) is 9.05 Å². The van der Waals surface area contributed by atoms with Crippen LogP contribution in [0.4, 0.5) is 0 Å². The zero-order valence-corrected chi connectivity index (χ0v) is 13.2. The quantitative estimate of drug-likeness (QED) is 0.724. The minimum atomic E-state index is -3.48. The van der Waals surface area contributed by atoms with Gasteiger partial charge in [-0.1, -0.05) is 13.0 Å². The lowest BCUT2D eigenvalue weighted by atomic mass is 10.1. The molecule has 1 aromatic carbocycles. The van der Waals surface area contributed by atoms with Crippen molar-refractivity contribution in [3.8, 4) is 11.5 Å². The van der Waals surface area contributed by atoms with E-state index in [9.17, 15) is 8.42 Å². The van der Waals surface area contributed by atoms with Crippen LogP contribution in [0, 0.1) is 0 Å². The highest BCUT2D eigenvalue weighted by atomic mass is 35.7. The Bertz CT molecular complexity index is 571. The van der Waals surface area contributed by atoms with E-state index in [4.69, 9.17) is 20.2 Å². The van der Waals surface area contributed by atoms with Crippen LogP contribution in [0.15, 0.2) is 18.2 Å². The molecule has 0 aromatic heterocycles. The molecule has 0 bridgehead atoms. The molecule has 6 heteroatoms. The van der Waals surface area contributed by atoms with E-state index in [1.54, 1.807) is 0 Å². The lowest BCUT2D eigenvalue weighted by Crippen LogP contribution is -2.02. The monoisotopic (exact) mass is 318 g/mol. The summed E-state index contributed by atoms with van der Waals surface area (Å²) in [5, 5.41) is -0.471. The number of hydrogen-bond acceptors (Lipinski definition) is 4. The number of halogens is 1. The zero-order chi connectivity index (χ0) is 14.8. The summed E-state index contributed by atoms with van der Waals surface area (Å²) in [5.74, 6) is 1.33. The van der Waals surface area contributed by atoms with Crippen molar-refractivity contribution in [1.82, 2.24) is 0 Å². The molecule has 0 amide bonds. The molecule has 1 aliphatic carbocycles. The summed E-state index contributed by atoms with van der Waals surface area (Å²) in [6.07, 6.45) is 1.50. The predicted molar refractivity (Wildman–Crippen MR) is 79.3 cm³/mol. The summed E-state index contributed by atoms with van der Waals surface area (Å²) >= 11 is 0. The lowest BCUT2D eigenvalue weighted by molar-refractivity contribution is 0.276. The molecule has 0 spiro atoms. The zero-order valence-electron chi connectivity index (χ0n) is 11.6. The summed E-state index contributed by atoms with van der Waals surface area (Å²) in [4.78, 5) is 0. The first-order valence-corrected chi connectivity index (χ1v) is 9.17. The molecule has 0 heterocycles. The standard InChI is InChI=1S/C14H19ClO4S/c1-3-7-19-12-6-5-10(8-13(12)18-4-2)11-9-14(11)20(15,16)17/h5-6,8,11,14H,3-4,7,9H2,1-2H3. The highest BCUT2D eigenvalue weighted by Crippen LogP contribution is 2.48. The van der Waals surface area contributed by atoms with Crippen LogP contribution in [0.25, 0.3) is 0 Å². The maximum Gasteiger partial charge on any atom is 0.236 e. The second-order valence-corrected chi connectivity index (χ2v) is 7.69. The Balaban J connectivity index is 2.18. The van der Waals surface area contributed by atoms with E-state index in [2.05, 4.69) is 0 Å². The van der Waals surface area contributed by atoms with Gasteiger partial charge in [0.25, 0.3) is 0 Å². The molecule has 0 aliphatic heterocycles. The minimum Gasteiger partial charge on any atom is -0.490 e. The van der Waals surface area contributed by atoms with Crippen LogP contribution in [0.3, 0.4) is 0 Å². The molecule has 2 unspecified atom stereocenters. The molecule has 20 heavy (non-hydrogen) atoms. The van der Waals surface area contributed by atoms with Gasteiger partial charge in [-0.15, -0.1) is 0 Å². The van der Waals surface area contributed by atoms with Gasteiger partial charge < -0.3 is 9.47 Å². The molecule has 0 N–H and O–H groups in total. The van der Waals surface area contributed by atoms with E-state index in [1.807, 2.05) is 32.0 Å². The average molecular weight is 319 g/mol. The molecule has 1 fully saturated rings. The maximum atomic E-state index is 11.3. The van der Waals surface area contributed by atoms with E-state index >= 15 is 0 Å². The van der Waals surface area contributed by atoms with Crippen LogP contribution in [0.1, 0.15) is 38.2 Å². The van der Waals surface area contributed by atoms with Crippen molar-refractivity contribution >= 4 is 19.7 Å². The average Bonchev–Trinajstić information content (AvgIpc) is 3.17. The molecule has 1 saturated carbocycles. The molecule has 2 rings (SSSR count). The van der Waals surface area contributed by atoms with Crippen LogP contribution < -0.4 is 9.47 Å². The van der Waals surface area contributed by atoms with Crippen molar-refractivity contribution in [2.45, 2.75) is 37.9 Å². The fraction of sp³-hybridized carbons (Fsp3) is 0.571. The van der Waals surface area contributed by atoms with Crippen LogP contribution in [-0.4, -0.2) is 26.9 Å². The Kier molecular flexibility index (Phi) is 4.81. The molecule has 1 aliphatic rings. The summed E-state index contributed by atoms with van der Waals surface area (Å²) in [5.41, 5.74) is 0.937. The smallest absolute Gasteiger partial charge is 0.236 e. The largest absolute Gasteiger partial charge is 0.490 e. The van der Waals surface area contributed by atoms with Gasteiger partial charge in [-0.25, -0.2) is 8.42 Å². The van der Waals surface area contributed by atoms with Crippen molar-refractivity contribution in [3.05, 3.63) is 23.8 Å². The van der Waals surface area contributed by atoms with Crippen molar-refractivity contribution in [2.24, 2.45) is 0 Å². The van der Waals surface area contributed by atoms with Crippen molar-refractivity contribution < 1.29 is 17.9 Å². The van der Waals surface area contributed by atoms with Gasteiger partial charge in [-0.05, 0) is 37.5 Å². The van der Waals surface area contributed by atoms with E-state index < -0.39 is 14.3 Å². The molecule has 0 radical (unpaired) electrons. The van der Waals surface area contributed by atoms with Crippen molar-refractivity contribution in [1.29, 1.82) is 0 Å². The van der Waals surface area contributed by atoms with E-state index in [-0.39, 0.29) is 5.92 Å². The summed E-state index contributed by atoms with van der Waals surface area (Å²) in [6, 6.07) is 5.59. The van der Waals surface area contributed by atoms with Crippen LogP contribution in [0.5, 0.6) is 11.5 Å². The predicted octanol–water partition coefficient (Wildman–Crippen LogP) is 3.30. The molecule has 4 nitrogen and oxygen atoms in total. The number of rotatable bonds is 7. The third-order valence-electron chi connectivity index (χ3n) is 3.25. The molecule has 2 atom stereocenters. The lowest BCUT2D eigenvalue weighted by Gasteiger charge is -2.13. The number of hydrogen-bond donors (Lipinski definition) is 0.